The third kappa shape index (κ3) is 6.89. The van der Waals surface area contributed by atoms with Crippen LogP contribution in [0.1, 0.15) is 77.2 Å². The molecule has 0 unspecified atom stereocenters. The first-order valence-corrected chi connectivity index (χ1v) is 9.63. The van der Waals surface area contributed by atoms with E-state index in [1.807, 2.05) is 31.2 Å². The fraction of sp³-hybridized carbons (Fsp3) is 0.619. The smallest absolute Gasteiger partial charge is 0.224 e. The molecule has 1 aliphatic carbocycles. The maximum Gasteiger partial charge on any atom is 0.224 e. The van der Waals surface area contributed by atoms with Crippen molar-refractivity contribution < 1.29 is 9.59 Å². The van der Waals surface area contributed by atoms with Crippen molar-refractivity contribution in [1.29, 1.82) is 0 Å². The van der Waals surface area contributed by atoms with Gasteiger partial charge in [-0.25, -0.2) is 0 Å². The van der Waals surface area contributed by atoms with E-state index in [0.29, 0.717) is 24.8 Å². The van der Waals surface area contributed by atoms with E-state index in [1.54, 1.807) is 0 Å². The van der Waals surface area contributed by atoms with Gasteiger partial charge in [0.05, 0.1) is 0 Å². The van der Waals surface area contributed by atoms with Gasteiger partial charge < -0.3 is 10.6 Å². The van der Waals surface area contributed by atoms with Gasteiger partial charge in [0.2, 0.25) is 11.8 Å². The van der Waals surface area contributed by atoms with Crippen molar-refractivity contribution >= 4 is 17.5 Å². The van der Waals surface area contributed by atoms with E-state index in [4.69, 9.17) is 0 Å². The molecule has 2 rings (SSSR count). The standard InChI is InChI=1S/C21H32N2O2/c1-15(2)17-9-11-19(12-10-17)23-21(25)14-16(3)13-20(24)22-18-7-5-4-6-8-18/h9-12,15-16,18H,4-8,13-14H2,1-3H3,(H,22,24)(H,23,25)/t16-/m0/s1. The minimum absolute atomic E-state index is 0.0322. The molecule has 4 nitrogen and oxygen atoms in total. The summed E-state index contributed by atoms with van der Waals surface area (Å²) in [5, 5.41) is 6.04. The highest BCUT2D eigenvalue weighted by Crippen LogP contribution is 2.19. The highest BCUT2D eigenvalue weighted by molar-refractivity contribution is 5.91. The van der Waals surface area contributed by atoms with Crippen molar-refractivity contribution in [2.24, 2.45) is 5.92 Å². The third-order valence-electron chi connectivity index (χ3n) is 4.90. The Balaban J connectivity index is 1.72. The van der Waals surface area contributed by atoms with Crippen LogP contribution in [0.15, 0.2) is 24.3 Å². The number of benzene rings is 1. The zero-order valence-corrected chi connectivity index (χ0v) is 15.8. The molecule has 1 aromatic rings. The zero-order chi connectivity index (χ0) is 18.2. The summed E-state index contributed by atoms with van der Waals surface area (Å²) in [7, 11) is 0. The molecular formula is C21H32N2O2. The van der Waals surface area contributed by atoms with Crippen molar-refractivity contribution in [3.8, 4) is 0 Å². The molecule has 1 atom stereocenters. The lowest BCUT2D eigenvalue weighted by Gasteiger charge is -2.23. The van der Waals surface area contributed by atoms with Gasteiger partial charge in [0.1, 0.15) is 0 Å². The number of carbonyl (C=O) groups is 2. The fourth-order valence-electron chi connectivity index (χ4n) is 3.40. The van der Waals surface area contributed by atoms with Gasteiger partial charge in [0.25, 0.3) is 0 Å². The molecule has 1 aliphatic rings. The number of carbonyl (C=O) groups excluding carboxylic acids is 2. The number of amides is 2. The number of nitrogens with one attached hydrogen (secondary N) is 2. The van der Waals surface area contributed by atoms with Gasteiger partial charge in [-0.2, -0.15) is 0 Å². The van der Waals surface area contributed by atoms with Crippen LogP contribution < -0.4 is 10.6 Å². The van der Waals surface area contributed by atoms with Crippen LogP contribution in [0.3, 0.4) is 0 Å². The summed E-state index contributed by atoms with van der Waals surface area (Å²) in [4.78, 5) is 24.3. The maximum atomic E-state index is 12.2. The van der Waals surface area contributed by atoms with E-state index < -0.39 is 0 Å². The predicted octanol–water partition coefficient (Wildman–Crippen LogP) is 4.61. The van der Waals surface area contributed by atoms with Crippen LogP contribution in [0.2, 0.25) is 0 Å². The predicted molar refractivity (Wildman–Crippen MR) is 103 cm³/mol. The number of hydrogen-bond donors (Lipinski definition) is 2. The van der Waals surface area contributed by atoms with E-state index in [-0.39, 0.29) is 17.7 Å². The quantitative estimate of drug-likeness (QED) is 0.758. The topological polar surface area (TPSA) is 58.2 Å². The fourth-order valence-corrected chi connectivity index (χ4v) is 3.40. The lowest BCUT2D eigenvalue weighted by Crippen LogP contribution is -2.37. The maximum absolute atomic E-state index is 12.2. The molecule has 0 aromatic heterocycles. The monoisotopic (exact) mass is 344 g/mol. The summed E-state index contributed by atoms with van der Waals surface area (Å²) in [5.74, 6) is 0.565. The van der Waals surface area contributed by atoms with Crippen LogP contribution in [-0.4, -0.2) is 17.9 Å². The van der Waals surface area contributed by atoms with Gasteiger partial charge in [0, 0.05) is 24.6 Å². The van der Waals surface area contributed by atoms with Gasteiger partial charge in [-0.15, -0.1) is 0 Å². The molecule has 138 valence electrons. The molecule has 0 saturated heterocycles. The van der Waals surface area contributed by atoms with Crippen LogP contribution in [0.25, 0.3) is 0 Å². The van der Waals surface area contributed by atoms with E-state index in [2.05, 4.69) is 24.5 Å². The largest absolute Gasteiger partial charge is 0.353 e. The van der Waals surface area contributed by atoms with Gasteiger partial charge in [-0.3, -0.25) is 9.59 Å². The molecule has 25 heavy (non-hydrogen) atoms. The first-order valence-electron chi connectivity index (χ1n) is 9.63. The Labute approximate surface area is 151 Å². The number of rotatable bonds is 7. The molecule has 1 saturated carbocycles. The molecule has 2 amide bonds. The Morgan fingerprint density at radius 2 is 1.56 bits per heavy atom. The molecule has 0 heterocycles. The summed E-state index contributed by atoms with van der Waals surface area (Å²) in [5.41, 5.74) is 2.07. The average molecular weight is 344 g/mol. The highest BCUT2D eigenvalue weighted by Gasteiger charge is 2.18. The van der Waals surface area contributed by atoms with Crippen LogP contribution in [0, 0.1) is 5.92 Å². The Morgan fingerprint density at radius 1 is 0.960 bits per heavy atom. The lowest BCUT2D eigenvalue weighted by atomic mass is 9.95. The second kappa shape index (κ2) is 9.59. The van der Waals surface area contributed by atoms with Crippen molar-refractivity contribution in [3.05, 3.63) is 29.8 Å². The molecule has 0 aliphatic heterocycles. The summed E-state index contributed by atoms with van der Waals surface area (Å²) in [6, 6.07) is 8.30. The van der Waals surface area contributed by atoms with Crippen molar-refractivity contribution in [2.75, 3.05) is 5.32 Å². The summed E-state index contributed by atoms with van der Waals surface area (Å²) < 4.78 is 0. The molecule has 2 N–H and O–H groups in total. The molecular weight excluding hydrogens is 312 g/mol. The van der Waals surface area contributed by atoms with Crippen LogP contribution >= 0.6 is 0 Å². The Hall–Kier alpha value is -1.84. The van der Waals surface area contributed by atoms with Gasteiger partial charge in [-0.1, -0.05) is 52.2 Å². The Bertz CT molecular complexity index is 560. The van der Waals surface area contributed by atoms with Gasteiger partial charge in [0.15, 0.2) is 0 Å². The molecule has 1 fully saturated rings. The second-order valence-electron chi connectivity index (χ2n) is 7.74. The van der Waals surface area contributed by atoms with Gasteiger partial charge in [-0.05, 0) is 42.4 Å². The highest BCUT2D eigenvalue weighted by atomic mass is 16.2. The second-order valence-corrected chi connectivity index (χ2v) is 7.74. The average Bonchev–Trinajstić information content (AvgIpc) is 2.55. The molecule has 4 heteroatoms. The minimum atomic E-state index is -0.0322. The summed E-state index contributed by atoms with van der Waals surface area (Å²) in [6.45, 7) is 6.25. The third-order valence-corrected chi connectivity index (χ3v) is 4.90. The summed E-state index contributed by atoms with van der Waals surface area (Å²) in [6.07, 6.45) is 6.65. The zero-order valence-electron chi connectivity index (χ0n) is 15.8. The first-order chi connectivity index (χ1) is 11.9. The Morgan fingerprint density at radius 3 is 2.16 bits per heavy atom. The molecule has 1 aromatic carbocycles. The van der Waals surface area contributed by atoms with E-state index in [9.17, 15) is 9.59 Å². The van der Waals surface area contributed by atoms with Crippen molar-refractivity contribution in [1.82, 2.24) is 5.32 Å². The van der Waals surface area contributed by atoms with Crippen LogP contribution in [-0.2, 0) is 9.59 Å². The van der Waals surface area contributed by atoms with Crippen molar-refractivity contribution in [3.63, 3.8) is 0 Å². The summed E-state index contributed by atoms with van der Waals surface area (Å²) >= 11 is 0. The van der Waals surface area contributed by atoms with Crippen LogP contribution in [0.5, 0.6) is 0 Å². The lowest BCUT2D eigenvalue weighted by molar-refractivity contribution is -0.123. The van der Waals surface area contributed by atoms with Crippen molar-refractivity contribution in [2.45, 2.75) is 77.7 Å². The van der Waals surface area contributed by atoms with E-state index in [0.717, 1.165) is 18.5 Å². The first kappa shape index (κ1) is 19.5. The molecule has 0 bridgehead atoms. The number of hydrogen-bond acceptors (Lipinski definition) is 2. The number of anilines is 1. The molecule has 0 spiro atoms. The van der Waals surface area contributed by atoms with E-state index in [1.165, 1.54) is 24.8 Å². The normalized spacial score (nSPS) is 16.5. The van der Waals surface area contributed by atoms with Gasteiger partial charge >= 0.3 is 0 Å². The molecule has 0 radical (unpaired) electrons. The van der Waals surface area contributed by atoms with Crippen LogP contribution in [0.4, 0.5) is 5.69 Å². The minimum Gasteiger partial charge on any atom is -0.353 e. The Kier molecular flexibility index (Phi) is 7.48. The SMILES string of the molecule is CC(C)c1ccc(NC(=O)C[C@@H](C)CC(=O)NC2CCCCC2)cc1. The van der Waals surface area contributed by atoms with E-state index >= 15 is 0 Å².